The molecule has 94 valence electrons. The van der Waals surface area contributed by atoms with E-state index in [1.165, 1.54) is 5.56 Å². The third kappa shape index (κ3) is 3.12. The van der Waals surface area contributed by atoms with Gasteiger partial charge in [0.05, 0.1) is 5.38 Å². The number of halogens is 1. The molecule has 2 rings (SSSR count). The summed E-state index contributed by atoms with van der Waals surface area (Å²) < 4.78 is 0. The monoisotopic (exact) mass is 252 g/mol. The van der Waals surface area contributed by atoms with Crippen LogP contribution in [-0.2, 0) is 5.41 Å². The van der Waals surface area contributed by atoms with Gasteiger partial charge in [-0.3, -0.25) is 0 Å². The van der Waals surface area contributed by atoms with Gasteiger partial charge in [-0.1, -0.05) is 26.8 Å². The maximum atomic E-state index is 6.20. The van der Waals surface area contributed by atoms with Crippen molar-refractivity contribution in [2.24, 2.45) is 0 Å². The van der Waals surface area contributed by atoms with E-state index >= 15 is 0 Å². The summed E-state index contributed by atoms with van der Waals surface area (Å²) in [6, 6.07) is 4.30. The highest BCUT2D eigenvalue weighted by Gasteiger charge is 2.20. The first-order chi connectivity index (χ1) is 7.97. The van der Waals surface area contributed by atoms with Gasteiger partial charge in [0.15, 0.2) is 0 Å². The summed E-state index contributed by atoms with van der Waals surface area (Å²) in [4.78, 5) is 6.86. The quantitative estimate of drug-likeness (QED) is 0.710. The van der Waals surface area contributed by atoms with Gasteiger partial charge >= 0.3 is 0 Å². The van der Waals surface area contributed by atoms with Gasteiger partial charge in [-0.05, 0) is 29.9 Å². The van der Waals surface area contributed by atoms with Gasteiger partial charge < -0.3 is 4.90 Å². The molecule has 0 amide bonds. The van der Waals surface area contributed by atoms with Crippen molar-refractivity contribution in [1.29, 1.82) is 0 Å². The summed E-state index contributed by atoms with van der Waals surface area (Å²) in [5.41, 5.74) is 1.45. The van der Waals surface area contributed by atoms with E-state index in [2.05, 4.69) is 42.8 Å². The van der Waals surface area contributed by atoms with E-state index in [1.807, 2.05) is 6.20 Å². The van der Waals surface area contributed by atoms with Crippen LogP contribution in [0.2, 0.25) is 0 Å². The Kier molecular flexibility index (Phi) is 3.62. The maximum Gasteiger partial charge on any atom is 0.128 e. The van der Waals surface area contributed by atoms with E-state index in [9.17, 15) is 0 Å². The molecule has 1 aliphatic rings. The number of hydrogen-bond donors (Lipinski definition) is 0. The summed E-state index contributed by atoms with van der Waals surface area (Å²) in [6.07, 6.45) is 4.28. The number of nitrogens with zero attached hydrogens (tertiary/aromatic N) is 2. The molecule has 0 aromatic carbocycles. The minimum Gasteiger partial charge on any atom is -0.355 e. The number of anilines is 1. The van der Waals surface area contributed by atoms with E-state index in [1.54, 1.807) is 0 Å². The molecule has 0 bridgehead atoms. The zero-order valence-corrected chi connectivity index (χ0v) is 11.7. The fourth-order valence-electron chi connectivity index (χ4n) is 2.15. The van der Waals surface area contributed by atoms with Gasteiger partial charge in [0.2, 0.25) is 0 Å². The van der Waals surface area contributed by atoms with Gasteiger partial charge in [0, 0.05) is 19.3 Å². The van der Waals surface area contributed by atoms with E-state index in [0.717, 1.165) is 31.7 Å². The molecule has 0 spiro atoms. The fraction of sp³-hybridized carbons (Fsp3) is 0.643. The predicted molar refractivity (Wildman–Crippen MR) is 74.0 cm³/mol. The molecule has 0 N–H and O–H groups in total. The van der Waals surface area contributed by atoms with Crippen molar-refractivity contribution in [1.82, 2.24) is 4.98 Å². The standard InChI is InChI=1S/C14H21ClN2/c1-14(2,3)11-6-7-13(16-9-11)17-8-4-5-12(15)10-17/h6-7,9,12H,4-5,8,10H2,1-3H3. The van der Waals surface area contributed by atoms with E-state index in [4.69, 9.17) is 11.6 Å². The van der Waals surface area contributed by atoms with Crippen LogP contribution in [0.5, 0.6) is 0 Å². The molecule has 0 radical (unpaired) electrons. The first-order valence-electron chi connectivity index (χ1n) is 6.32. The minimum atomic E-state index is 0.169. The molecule has 2 heterocycles. The van der Waals surface area contributed by atoms with Crippen LogP contribution in [0.3, 0.4) is 0 Å². The van der Waals surface area contributed by atoms with Gasteiger partial charge in [0.25, 0.3) is 0 Å². The van der Waals surface area contributed by atoms with Crippen LogP contribution in [0.1, 0.15) is 39.2 Å². The lowest BCUT2D eigenvalue weighted by Crippen LogP contribution is -2.36. The molecule has 0 saturated carbocycles. The number of alkyl halides is 1. The van der Waals surface area contributed by atoms with Crippen molar-refractivity contribution in [3.05, 3.63) is 23.9 Å². The summed E-state index contributed by atoms with van der Waals surface area (Å²) in [5.74, 6) is 1.06. The summed E-state index contributed by atoms with van der Waals surface area (Å²) >= 11 is 6.20. The minimum absolute atomic E-state index is 0.169. The van der Waals surface area contributed by atoms with Gasteiger partial charge in [-0.2, -0.15) is 0 Å². The second kappa shape index (κ2) is 4.85. The zero-order chi connectivity index (χ0) is 12.5. The van der Waals surface area contributed by atoms with Gasteiger partial charge in [-0.25, -0.2) is 4.98 Å². The van der Waals surface area contributed by atoms with Crippen LogP contribution >= 0.6 is 11.6 Å². The van der Waals surface area contributed by atoms with Crippen molar-refractivity contribution in [2.45, 2.75) is 44.4 Å². The lowest BCUT2D eigenvalue weighted by Gasteiger charge is -2.31. The third-order valence-electron chi connectivity index (χ3n) is 3.30. The molecule has 0 aliphatic carbocycles. The Morgan fingerprint density at radius 1 is 1.35 bits per heavy atom. The topological polar surface area (TPSA) is 16.1 Å². The Bertz CT molecular complexity index is 367. The molecule has 1 unspecified atom stereocenters. The average Bonchev–Trinajstić information content (AvgIpc) is 2.28. The second-order valence-electron chi connectivity index (χ2n) is 5.84. The Labute approximate surface area is 109 Å². The van der Waals surface area contributed by atoms with Gasteiger partial charge in [-0.15, -0.1) is 11.6 Å². The highest BCUT2D eigenvalue weighted by molar-refractivity contribution is 6.21. The first kappa shape index (κ1) is 12.7. The summed E-state index contributed by atoms with van der Waals surface area (Å²) in [5, 5.41) is 0.271. The predicted octanol–water partition coefficient (Wildman–Crippen LogP) is 3.59. The van der Waals surface area contributed by atoms with Crippen molar-refractivity contribution in [3.63, 3.8) is 0 Å². The van der Waals surface area contributed by atoms with E-state index in [-0.39, 0.29) is 10.8 Å². The molecule has 1 fully saturated rings. The SMILES string of the molecule is CC(C)(C)c1ccc(N2CCCC(Cl)C2)nc1. The van der Waals surface area contributed by atoms with Crippen LogP contribution < -0.4 is 4.90 Å². The summed E-state index contributed by atoms with van der Waals surface area (Å²) in [7, 11) is 0. The first-order valence-corrected chi connectivity index (χ1v) is 6.76. The molecule has 1 atom stereocenters. The van der Waals surface area contributed by atoms with Crippen LogP contribution in [0.15, 0.2) is 18.3 Å². The average molecular weight is 253 g/mol. The number of piperidine rings is 1. The molecule has 1 aromatic rings. The molecule has 1 aliphatic heterocycles. The maximum absolute atomic E-state index is 6.20. The van der Waals surface area contributed by atoms with E-state index in [0.29, 0.717) is 0 Å². The Balaban J connectivity index is 2.12. The molecular weight excluding hydrogens is 232 g/mol. The molecule has 17 heavy (non-hydrogen) atoms. The fourth-order valence-corrected chi connectivity index (χ4v) is 2.47. The molecule has 3 heteroatoms. The Hall–Kier alpha value is -0.760. The van der Waals surface area contributed by atoms with Crippen LogP contribution in [0, 0.1) is 0 Å². The van der Waals surface area contributed by atoms with Crippen molar-refractivity contribution < 1.29 is 0 Å². The molecule has 1 saturated heterocycles. The number of hydrogen-bond acceptors (Lipinski definition) is 2. The van der Waals surface area contributed by atoms with Crippen LogP contribution in [0.4, 0.5) is 5.82 Å². The van der Waals surface area contributed by atoms with Crippen LogP contribution in [-0.4, -0.2) is 23.5 Å². The highest BCUT2D eigenvalue weighted by Crippen LogP contribution is 2.25. The lowest BCUT2D eigenvalue weighted by molar-refractivity contribution is 0.574. The smallest absolute Gasteiger partial charge is 0.128 e. The Morgan fingerprint density at radius 2 is 2.12 bits per heavy atom. The largest absolute Gasteiger partial charge is 0.355 e. The lowest BCUT2D eigenvalue weighted by atomic mass is 9.88. The molecule has 1 aromatic heterocycles. The number of rotatable bonds is 1. The third-order valence-corrected chi connectivity index (χ3v) is 3.66. The zero-order valence-electron chi connectivity index (χ0n) is 10.9. The highest BCUT2D eigenvalue weighted by atomic mass is 35.5. The number of pyridine rings is 1. The normalized spacial score (nSPS) is 21.6. The Morgan fingerprint density at radius 3 is 2.65 bits per heavy atom. The van der Waals surface area contributed by atoms with Crippen molar-refractivity contribution in [2.75, 3.05) is 18.0 Å². The summed E-state index contributed by atoms with van der Waals surface area (Å²) in [6.45, 7) is 8.62. The van der Waals surface area contributed by atoms with Gasteiger partial charge in [0.1, 0.15) is 5.82 Å². The number of aromatic nitrogens is 1. The molecular formula is C14H21ClN2. The van der Waals surface area contributed by atoms with E-state index < -0.39 is 0 Å². The molecule has 2 nitrogen and oxygen atoms in total. The second-order valence-corrected chi connectivity index (χ2v) is 6.46. The van der Waals surface area contributed by atoms with Crippen molar-refractivity contribution >= 4 is 17.4 Å². The van der Waals surface area contributed by atoms with Crippen molar-refractivity contribution in [3.8, 4) is 0 Å². The van der Waals surface area contributed by atoms with Crippen LogP contribution in [0.25, 0.3) is 0 Å².